The first kappa shape index (κ1) is 8.04. The second-order valence-corrected chi connectivity index (χ2v) is 1.61. The molecule has 0 heterocycles. The summed E-state index contributed by atoms with van der Waals surface area (Å²) in [4.78, 5) is 9.76. The summed E-state index contributed by atoms with van der Waals surface area (Å²) < 4.78 is 0. The van der Waals surface area contributed by atoms with Crippen LogP contribution < -0.4 is 0 Å². The molecule has 0 spiro atoms. The molecule has 0 unspecified atom stereocenters. The van der Waals surface area contributed by atoms with Gasteiger partial charge in [-0.15, -0.1) is 0 Å². The zero-order valence-electron chi connectivity index (χ0n) is 6.05. The Labute approximate surface area is 85.3 Å². The second kappa shape index (κ2) is 3.14. The van der Waals surface area contributed by atoms with Gasteiger partial charge in [-0.25, -0.2) is 0 Å². The molecule has 0 aromatic heterocycles. The van der Waals surface area contributed by atoms with Crippen LogP contribution in [0, 0.1) is 5.92 Å². The van der Waals surface area contributed by atoms with E-state index >= 15 is 0 Å². The Kier molecular flexibility index (Phi) is 3.61. The number of carboxylic acids is 1. The molecule has 0 bridgehead atoms. The van der Waals surface area contributed by atoms with E-state index in [0.717, 1.165) is 12.8 Å². The summed E-state index contributed by atoms with van der Waals surface area (Å²) in [5.74, 6) is -0.611. The van der Waals surface area contributed by atoms with Crippen LogP contribution in [0.4, 0.5) is 0 Å². The molecule has 1 fully saturated rings. The maximum absolute atomic E-state index is 9.76. The van der Waals surface area contributed by atoms with Crippen LogP contribution in [0.5, 0.6) is 0 Å². The predicted octanol–water partition coefficient (Wildman–Crippen LogP) is 0.325. The standard InChI is InChI=1S/C4H6O2.Ba.2H/c5-4(6)3-1-2-3;;;/h3H,1-2H2,(H,5,6);;;/q;+2;2*-1. The number of carbonyl (C=O) groups is 1. The Morgan fingerprint density at radius 2 is 2.14 bits per heavy atom. The first-order chi connectivity index (χ1) is 2.80. The van der Waals surface area contributed by atoms with E-state index in [1.165, 1.54) is 0 Å². The summed E-state index contributed by atoms with van der Waals surface area (Å²) in [7, 11) is 0. The van der Waals surface area contributed by atoms with Crippen molar-refractivity contribution in [1.82, 2.24) is 0 Å². The minimum Gasteiger partial charge on any atom is -1.00 e. The van der Waals surface area contributed by atoms with Crippen molar-refractivity contribution in [3.63, 3.8) is 0 Å². The summed E-state index contributed by atoms with van der Waals surface area (Å²) in [6.07, 6.45) is 1.80. The van der Waals surface area contributed by atoms with E-state index in [4.69, 9.17) is 5.11 Å². The maximum atomic E-state index is 9.76. The van der Waals surface area contributed by atoms with Gasteiger partial charge in [0.05, 0.1) is 5.92 Å². The fourth-order valence-electron chi connectivity index (χ4n) is 0.330. The third-order valence-corrected chi connectivity index (χ3v) is 0.927. The van der Waals surface area contributed by atoms with Gasteiger partial charge in [-0.2, -0.15) is 0 Å². The van der Waals surface area contributed by atoms with Crippen molar-refractivity contribution in [2.24, 2.45) is 5.92 Å². The molecular formula is C4H8BaO2. The van der Waals surface area contributed by atoms with Crippen LogP contribution in [0.1, 0.15) is 15.7 Å². The molecule has 0 aromatic carbocycles. The fraction of sp³-hybridized carbons (Fsp3) is 0.750. The predicted molar refractivity (Wildman–Crippen MR) is 28.3 cm³/mol. The Morgan fingerprint density at radius 1 is 1.71 bits per heavy atom. The van der Waals surface area contributed by atoms with E-state index in [1.807, 2.05) is 0 Å². The van der Waals surface area contributed by atoms with Crippen LogP contribution in [-0.4, -0.2) is 60.0 Å². The Hall–Kier alpha value is 1.04. The minimum atomic E-state index is -0.630. The summed E-state index contributed by atoms with van der Waals surface area (Å²) in [6.45, 7) is 0. The van der Waals surface area contributed by atoms with Gasteiger partial charge >= 0.3 is 54.9 Å². The van der Waals surface area contributed by atoms with Gasteiger partial charge in [-0.3, -0.25) is 4.79 Å². The van der Waals surface area contributed by atoms with Crippen molar-refractivity contribution >= 4 is 54.9 Å². The van der Waals surface area contributed by atoms with Gasteiger partial charge < -0.3 is 7.96 Å². The zero-order chi connectivity index (χ0) is 4.57. The van der Waals surface area contributed by atoms with Crippen molar-refractivity contribution in [3.8, 4) is 0 Å². The molecule has 0 atom stereocenters. The molecule has 1 aliphatic carbocycles. The van der Waals surface area contributed by atoms with Crippen LogP contribution in [0.3, 0.4) is 0 Å². The quantitative estimate of drug-likeness (QED) is 0.653. The number of rotatable bonds is 1. The van der Waals surface area contributed by atoms with Gasteiger partial charge in [-0.05, 0) is 12.8 Å². The van der Waals surface area contributed by atoms with Crippen LogP contribution in [0.15, 0.2) is 0 Å². The molecule has 0 aromatic rings. The number of carboxylic acid groups (broad SMARTS) is 1. The summed E-state index contributed by atoms with van der Waals surface area (Å²) in [5, 5.41) is 8.05. The van der Waals surface area contributed by atoms with Crippen molar-refractivity contribution in [3.05, 3.63) is 0 Å². The summed E-state index contributed by atoms with van der Waals surface area (Å²) >= 11 is 0. The molecule has 1 N–H and O–H groups in total. The average molecular weight is 225 g/mol. The second-order valence-electron chi connectivity index (χ2n) is 1.61. The Morgan fingerprint density at radius 3 is 2.14 bits per heavy atom. The number of aliphatic carboxylic acids is 1. The van der Waals surface area contributed by atoms with Crippen molar-refractivity contribution in [2.75, 3.05) is 0 Å². The molecule has 0 amide bonds. The van der Waals surface area contributed by atoms with E-state index in [0.29, 0.717) is 0 Å². The summed E-state index contributed by atoms with van der Waals surface area (Å²) in [6, 6.07) is 0. The third kappa shape index (κ3) is 2.77. The van der Waals surface area contributed by atoms with Gasteiger partial charge in [0.2, 0.25) is 0 Å². The van der Waals surface area contributed by atoms with Crippen LogP contribution >= 0.6 is 0 Å². The first-order valence-corrected chi connectivity index (χ1v) is 2.03. The molecule has 0 saturated heterocycles. The van der Waals surface area contributed by atoms with Gasteiger partial charge in [0.25, 0.3) is 0 Å². The van der Waals surface area contributed by atoms with Crippen LogP contribution in [0.2, 0.25) is 0 Å². The molecule has 3 heteroatoms. The monoisotopic (exact) mass is 226 g/mol. The van der Waals surface area contributed by atoms with Crippen LogP contribution in [-0.2, 0) is 4.79 Å². The molecule has 1 rings (SSSR count). The van der Waals surface area contributed by atoms with Gasteiger partial charge in [0.1, 0.15) is 0 Å². The van der Waals surface area contributed by atoms with Crippen molar-refractivity contribution < 1.29 is 12.8 Å². The minimum absolute atomic E-state index is 0. The molecule has 7 heavy (non-hydrogen) atoms. The van der Waals surface area contributed by atoms with E-state index in [1.54, 1.807) is 0 Å². The maximum Gasteiger partial charge on any atom is 2.00 e. The molecule has 1 saturated carbocycles. The normalized spacial score (nSPS) is 17.7. The molecular weight excluding hydrogens is 217 g/mol. The van der Waals surface area contributed by atoms with Crippen LogP contribution in [0.25, 0.3) is 0 Å². The van der Waals surface area contributed by atoms with Gasteiger partial charge in [0.15, 0.2) is 0 Å². The van der Waals surface area contributed by atoms with E-state index in [9.17, 15) is 4.79 Å². The van der Waals surface area contributed by atoms with E-state index < -0.39 is 5.97 Å². The number of hydrogen-bond donors (Lipinski definition) is 1. The topological polar surface area (TPSA) is 37.3 Å². The SMILES string of the molecule is O=C(O)C1CC1.[Ba+2].[H-].[H-]. The smallest absolute Gasteiger partial charge is 1.00 e. The Bertz CT molecular complexity index is 84.6. The van der Waals surface area contributed by atoms with Crippen molar-refractivity contribution in [2.45, 2.75) is 12.8 Å². The van der Waals surface area contributed by atoms with E-state index in [-0.39, 0.29) is 57.7 Å². The first-order valence-electron chi connectivity index (χ1n) is 2.03. The Balaban J connectivity index is -0.000000120. The molecule has 1 aliphatic rings. The van der Waals surface area contributed by atoms with E-state index in [2.05, 4.69) is 0 Å². The van der Waals surface area contributed by atoms with Crippen molar-refractivity contribution in [1.29, 1.82) is 0 Å². The van der Waals surface area contributed by atoms with Gasteiger partial charge in [0, 0.05) is 0 Å². The largest absolute Gasteiger partial charge is 2.00 e. The fourth-order valence-corrected chi connectivity index (χ4v) is 0.330. The number of hydrogen-bond acceptors (Lipinski definition) is 1. The average Bonchev–Trinajstić information content (AvgIpc) is 2.06. The zero-order valence-corrected chi connectivity index (χ0v) is 8.49. The van der Waals surface area contributed by atoms with Gasteiger partial charge in [-0.1, -0.05) is 0 Å². The molecule has 38 valence electrons. The third-order valence-electron chi connectivity index (χ3n) is 0.927. The molecule has 0 aliphatic heterocycles. The summed E-state index contributed by atoms with van der Waals surface area (Å²) in [5.41, 5.74) is 0. The molecule has 2 nitrogen and oxygen atoms in total. The molecule has 0 radical (unpaired) electrons.